The first-order chi connectivity index (χ1) is 10.8. The predicted molar refractivity (Wildman–Crippen MR) is 94.2 cm³/mol. The molecule has 0 aliphatic carbocycles. The summed E-state index contributed by atoms with van der Waals surface area (Å²) < 4.78 is 6.09. The largest absolute Gasteiger partial charge is 0.444 e. The molecule has 0 atom stereocenters. The minimum Gasteiger partial charge on any atom is -0.444 e. The average Bonchev–Trinajstić information content (AvgIpc) is 2.47. The molecule has 0 fully saturated rings. The molecule has 0 bridgehead atoms. The lowest BCUT2D eigenvalue weighted by atomic mass is 10.0. The van der Waals surface area contributed by atoms with E-state index < -0.39 is 11.7 Å². The summed E-state index contributed by atoms with van der Waals surface area (Å²) in [5.74, 6) is 0. The van der Waals surface area contributed by atoms with Gasteiger partial charge in [-0.3, -0.25) is 15.7 Å². The number of amides is 1. The summed E-state index contributed by atoms with van der Waals surface area (Å²) in [6.45, 7) is 5.40. The van der Waals surface area contributed by atoms with E-state index in [9.17, 15) is 4.79 Å². The molecule has 23 heavy (non-hydrogen) atoms. The van der Waals surface area contributed by atoms with Gasteiger partial charge in [-0.15, -0.1) is 0 Å². The van der Waals surface area contributed by atoms with E-state index in [-0.39, 0.29) is 0 Å². The van der Waals surface area contributed by atoms with E-state index in [2.05, 4.69) is 26.2 Å². The summed E-state index contributed by atoms with van der Waals surface area (Å²) in [5, 5.41) is 11.1. The third-order valence-corrected chi connectivity index (χ3v) is 3.35. The van der Waals surface area contributed by atoms with Crippen molar-refractivity contribution in [1.29, 1.82) is 5.41 Å². The van der Waals surface area contributed by atoms with Crippen molar-refractivity contribution in [2.24, 2.45) is 0 Å². The van der Waals surface area contributed by atoms with Crippen LogP contribution in [-0.2, 0) is 4.74 Å². The highest BCUT2D eigenvalue weighted by molar-refractivity contribution is 9.10. The number of rotatable bonds is 3. The second kappa shape index (κ2) is 6.91. The summed E-state index contributed by atoms with van der Waals surface area (Å²) in [6.07, 6.45) is 2.70. The standard InChI is InChI=1S/C17H18BrN3O2/c1-17(2,3)23-16(22)21-14-5-4-12(18)10-13(14)15(19)11-6-8-20-9-7-11/h4-10,19H,1-3H3,(H,21,22). The topological polar surface area (TPSA) is 75.1 Å². The highest BCUT2D eigenvalue weighted by Gasteiger charge is 2.18. The Bertz CT molecular complexity index is 724. The van der Waals surface area contributed by atoms with Crippen LogP contribution in [0, 0.1) is 5.41 Å². The molecule has 1 aromatic carbocycles. The zero-order valence-electron chi connectivity index (χ0n) is 13.2. The van der Waals surface area contributed by atoms with Gasteiger partial charge in [-0.1, -0.05) is 15.9 Å². The van der Waals surface area contributed by atoms with Crippen LogP contribution in [0.3, 0.4) is 0 Å². The SMILES string of the molecule is CC(C)(C)OC(=O)Nc1ccc(Br)cc1C(=N)c1ccncc1. The quantitative estimate of drug-likeness (QED) is 0.769. The van der Waals surface area contributed by atoms with Crippen molar-refractivity contribution in [3.05, 3.63) is 58.3 Å². The zero-order valence-corrected chi connectivity index (χ0v) is 14.8. The van der Waals surface area contributed by atoms with Gasteiger partial charge in [-0.2, -0.15) is 0 Å². The molecular weight excluding hydrogens is 358 g/mol. The minimum atomic E-state index is -0.585. The van der Waals surface area contributed by atoms with Crippen LogP contribution in [0.25, 0.3) is 0 Å². The first-order valence-electron chi connectivity index (χ1n) is 7.05. The lowest BCUT2D eigenvalue weighted by Gasteiger charge is -2.20. The molecule has 2 rings (SSSR count). The van der Waals surface area contributed by atoms with Gasteiger partial charge in [0, 0.05) is 28.0 Å². The third kappa shape index (κ3) is 4.89. The van der Waals surface area contributed by atoms with Crippen LogP contribution in [0.5, 0.6) is 0 Å². The Morgan fingerprint density at radius 3 is 2.48 bits per heavy atom. The highest BCUT2D eigenvalue weighted by atomic mass is 79.9. The first-order valence-corrected chi connectivity index (χ1v) is 7.84. The molecule has 0 aliphatic heterocycles. The van der Waals surface area contributed by atoms with Gasteiger partial charge >= 0.3 is 6.09 Å². The van der Waals surface area contributed by atoms with Crippen molar-refractivity contribution in [2.45, 2.75) is 26.4 Å². The Kier molecular flexibility index (Phi) is 5.15. The molecule has 2 N–H and O–H groups in total. The molecule has 6 heteroatoms. The van der Waals surface area contributed by atoms with Crippen LogP contribution in [0.15, 0.2) is 47.2 Å². The van der Waals surface area contributed by atoms with Gasteiger partial charge in [-0.05, 0) is 51.1 Å². The van der Waals surface area contributed by atoms with Gasteiger partial charge in [0.2, 0.25) is 0 Å². The molecule has 0 unspecified atom stereocenters. The monoisotopic (exact) mass is 375 g/mol. The van der Waals surface area contributed by atoms with E-state index in [4.69, 9.17) is 10.1 Å². The van der Waals surface area contributed by atoms with E-state index in [1.165, 1.54) is 0 Å². The molecular formula is C17H18BrN3O2. The number of nitrogens with one attached hydrogen (secondary N) is 2. The van der Waals surface area contributed by atoms with Crippen LogP contribution >= 0.6 is 15.9 Å². The van der Waals surface area contributed by atoms with Crippen molar-refractivity contribution in [1.82, 2.24) is 4.98 Å². The number of ether oxygens (including phenoxy) is 1. The molecule has 0 saturated carbocycles. The Morgan fingerprint density at radius 2 is 1.87 bits per heavy atom. The summed E-state index contributed by atoms with van der Waals surface area (Å²) in [5.41, 5.74) is 1.53. The van der Waals surface area contributed by atoms with Crippen molar-refractivity contribution in [3.63, 3.8) is 0 Å². The number of nitrogens with zero attached hydrogens (tertiary/aromatic N) is 1. The van der Waals surface area contributed by atoms with E-state index in [0.717, 1.165) is 4.47 Å². The van der Waals surface area contributed by atoms with Crippen molar-refractivity contribution in [3.8, 4) is 0 Å². The Balaban J connectivity index is 2.31. The molecule has 1 heterocycles. The Labute approximate surface area is 143 Å². The second-order valence-corrected chi connectivity index (χ2v) is 6.84. The fourth-order valence-corrected chi connectivity index (χ4v) is 2.28. The van der Waals surface area contributed by atoms with Gasteiger partial charge in [0.1, 0.15) is 5.60 Å². The number of benzene rings is 1. The number of carbonyl (C=O) groups is 1. The highest BCUT2D eigenvalue weighted by Crippen LogP contribution is 2.24. The minimum absolute atomic E-state index is 0.291. The van der Waals surface area contributed by atoms with Gasteiger partial charge in [-0.25, -0.2) is 4.79 Å². The van der Waals surface area contributed by atoms with Crippen LogP contribution < -0.4 is 5.32 Å². The normalized spacial score (nSPS) is 11.0. The van der Waals surface area contributed by atoms with E-state index in [1.54, 1.807) is 63.5 Å². The average molecular weight is 376 g/mol. The molecule has 0 aliphatic rings. The fourth-order valence-electron chi connectivity index (χ4n) is 1.92. The van der Waals surface area contributed by atoms with Crippen LogP contribution in [0.1, 0.15) is 31.9 Å². The summed E-state index contributed by atoms with van der Waals surface area (Å²) >= 11 is 3.40. The molecule has 0 saturated heterocycles. The predicted octanol–water partition coefficient (Wildman–Crippen LogP) is 4.61. The van der Waals surface area contributed by atoms with E-state index in [0.29, 0.717) is 22.5 Å². The second-order valence-electron chi connectivity index (χ2n) is 5.93. The third-order valence-electron chi connectivity index (χ3n) is 2.86. The maximum absolute atomic E-state index is 12.0. The smallest absolute Gasteiger partial charge is 0.412 e. The van der Waals surface area contributed by atoms with Crippen molar-refractivity contribution < 1.29 is 9.53 Å². The lowest BCUT2D eigenvalue weighted by molar-refractivity contribution is 0.0636. The van der Waals surface area contributed by atoms with Crippen LogP contribution in [-0.4, -0.2) is 22.4 Å². The molecule has 120 valence electrons. The van der Waals surface area contributed by atoms with Crippen molar-refractivity contribution in [2.75, 3.05) is 5.32 Å². The van der Waals surface area contributed by atoms with Gasteiger partial charge < -0.3 is 4.74 Å². The molecule has 5 nitrogen and oxygen atoms in total. The number of pyridine rings is 1. The van der Waals surface area contributed by atoms with E-state index in [1.807, 2.05) is 0 Å². The van der Waals surface area contributed by atoms with Gasteiger partial charge in [0.15, 0.2) is 0 Å². The maximum Gasteiger partial charge on any atom is 0.412 e. The molecule has 1 aromatic heterocycles. The first kappa shape index (κ1) is 17.1. The maximum atomic E-state index is 12.0. The van der Waals surface area contributed by atoms with Crippen LogP contribution in [0.4, 0.5) is 10.5 Å². The number of hydrogen-bond acceptors (Lipinski definition) is 4. The number of aromatic nitrogens is 1. The zero-order chi connectivity index (χ0) is 17.0. The molecule has 0 radical (unpaired) electrons. The number of carbonyl (C=O) groups excluding carboxylic acids is 1. The summed E-state index contributed by atoms with van der Waals surface area (Å²) in [4.78, 5) is 16.0. The van der Waals surface area contributed by atoms with E-state index >= 15 is 0 Å². The van der Waals surface area contributed by atoms with Gasteiger partial charge in [0.25, 0.3) is 0 Å². The molecule has 1 amide bonds. The lowest BCUT2D eigenvalue weighted by Crippen LogP contribution is -2.27. The fraction of sp³-hybridized carbons (Fsp3) is 0.235. The number of anilines is 1. The molecule has 2 aromatic rings. The van der Waals surface area contributed by atoms with Crippen molar-refractivity contribution >= 4 is 33.4 Å². The number of halogens is 1. The van der Waals surface area contributed by atoms with Gasteiger partial charge in [0.05, 0.1) is 11.4 Å². The summed E-state index contributed by atoms with van der Waals surface area (Å²) in [6, 6.07) is 8.82. The Hall–Kier alpha value is -2.21. The summed E-state index contributed by atoms with van der Waals surface area (Å²) in [7, 11) is 0. The molecule has 0 spiro atoms. The Morgan fingerprint density at radius 1 is 1.22 bits per heavy atom. The van der Waals surface area contributed by atoms with Crippen LogP contribution in [0.2, 0.25) is 0 Å². The number of hydrogen-bond donors (Lipinski definition) is 2.